The van der Waals surface area contributed by atoms with Crippen molar-refractivity contribution in [2.24, 2.45) is 23.7 Å². The van der Waals surface area contributed by atoms with Crippen LogP contribution in [-0.4, -0.2) is 32.7 Å². The molecule has 0 aromatic carbocycles. The van der Waals surface area contributed by atoms with Gasteiger partial charge in [-0.3, -0.25) is 14.5 Å². The van der Waals surface area contributed by atoms with E-state index in [2.05, 4.69) is 0 Å². The Bertz CT molecular complexity index is 955. The number of carbonyl (C=O) groups excluding carboxylic acids is 2. The van der Waals surface area contributed by atoms with Crippen molar-refractivity contribution in [2.75, 3.05) is 0 Å². The number of amides is 2. The minimum absolute atomic E-state index is 0.136. The van der Waals surface area contributed by atoms with E-state index in [1.807, 2.05) is 24.4 Å². The Morgan fingerprint density at radius 3 is 2.73 bits per heavy atom. The second kappa shape index (κ2) is 7.30. The summed E-state index contributed by atoms with van der Waals surface area (Å²) >= 11 is 1.52. The van der Waals surface area contributed by atoms with Crippen LogP contribution < -0.4 is 0 Å². The number of nitrogens with zero attached hydrogens (tertiary/aromatic N) is 1. The highest BCUT2D eigenvalue weighted by molar-refractivity contribution is 7.09. The molecule has 3 fully saturated rings. The van der Waals surface area contributed by atoms with Gasteiger partial charge >= 0.3 is 0 Å². The van der Waals surface area contributed by atoms with E-state index in [4.69, 9.17) is 9.15 Å². The molecule has 0 spiro atoms. The Hall–Kier alpha value is -2.00. The topological polar surface area (TPSA) is 100 Å². The van der Waals surface area contributed by atoms with Gasteiger partial charge in [-0.2, -0.15) is 0 Å². The predicted octanol–water partition coefficient (Wildman–Crippen LogP) is 2.83. The number of carbonyl (C=O) groups is 2. The summed E-state index contributed by atoms with van der Waals surface area (Å²) in [7, 11) is 0. The third kappa shape index (κ3) is 2.89. The van der Waals surface area contributed by atoms with Gasteiger partial charge < -0.3 is 19.4 Å². The molecule has 8 heteroatoms. The molecule has 2 amide bonds. The van der Waals surface area contributed by atoms with Crippen molar-refractivity contribution in [1.82, 2.24) is 4.90 Å². The van der Waals surface area contributed by atoms with Crippen LogP contribution in [0.15, 0.2) is 34.1 Å². The van der Waals surface area contributed by atoms with Gasteiger partial charge in [-0.25, -0.2) is 0 Å². The number of furan rings is 1. The predicted molar refractivity (Wildman–Crippen MR) is 107 cm³/mol. The standard InChI is InChI=1S/C22H25NO6S/c1-2-12-8-15-19(21(26)23(20(15)25)10-14-4-3-7-30-14)16-9-18(29-22(12,16)27)17-6-5-13(11-24)28-17/h3-7,12,15-16,18-19,24,27H,2,8-11H2,1H3/t12-,15-,16-,18-,19-,22+/m0/s1. The summed E-state index contributed by atoms with van der Waals surface area (Å²) in [5.41, 5.74) is 0. The van der Waals surface area contributed by atoms with Crippen LogP contribution >= 0.6 is 11.3 Å². The largest absolute Gasteiger partial charge is 0.461 e. The average molecular weight is 432 g/mol. The van der Waals surface area contributed by atoms with Crippen molar-refractivity contribution in [1.29, 1.82) is 0 Å². The summed E-state index contributed by atoms with van der Waals surface area (Å²) in [6.07, 6.45) is 0.975. The lowest BCUT2D eigenvalue weighted by Crippen LogP contribution is -2.53. The summed E-state index contributed by atoms with van der Waals surface area (Å²) in [6, 6.07) is 7.24. The molecule has 2 aliphatic heterocycles. The molecule has 5 rings (SSSR count). The van der Waals surface area contributed by atoms with E-state index in [0.29, 0.717) is 30.8 Å². The van der Waals surface area contributed by atoms with Crippen LogP contribution in [0.1, 0.15) is 48.7 Å². The molecule has 30 heavy (non-hydrogen) atoms. The summed E-state index contributed by atoms with van der Waals surface area (Å²) in [5.74, 6) is -2.57. The van der Waals surface area contributed by atoms with E-state index in [-0.39, 0.29) is 30.9 Å². The lowest BCUT2D eigenvalue weighted by Gasteiger charge is -2.44. The van der Waals surface area contributed by atoms with Crippen LogP contribution in [0.25, 0.3) is 0 Å². The molecule has 0 radical (unpaired) electrons. The molecule has 0 bridgehead atoms. The third-order valence-electron chi connectivity index (χ3n) is 7.00. The Balaban J connectivity index is 1.46. The molecule has 2 aromatic heterocycles. The first-order valence-corrected chi connectivity index (χ1v) is 11.3. The number of rotatable bonds is 5. The van der Waals surface area contributed by atoms with Crippen LogP contribution in [-0.2, 0) is 27.5 Å². The molecular weight excluding hydrogens is 406 g/mol. The third-order valence-corrected chi connectivity index (χ3v) is 7.86. The second-order valence-electron chi connectivity index (χ2n) is 8.48. The van der Waals surface area contributed by atoms with Gasteiger partial charge in [0.1, 0.15) is 24.2 Å². The van der Waals surface area contributed by atoms with Gasteiger partial charge in [-0.15, -0.1) is 11.3 Å². The number of hydrogen-bond acceptors (Lipinski definition) is 7. The molecule has 4 heterocycles. The lowest BCUT2D eigenvalue weighted by atomic mass is 9.64. The van der Waals surface area contributed by atoms with E-state index >= 15 is 0 Å². The van der Waals surface area contributed by atoms with Crippen molar-refractivity contribution in [2.45, 2.75) is 51.2 Å². The van der Waals surface area contributed by atoms with E-state index < -0.39 is 29.6 Å². The zero-order valence-corrected chi connectivity index (χ0v) is 17.5. The normalized spacial score (nSPS) is 35.7. The molecule has 6 atom stereocenters. The molecular formula is C22H25NO6S. The van der Waals surface area contributed by atoms with Gasteiger partial charge in [-0.1, -0.05) is 13.0 Å². The molecule has 7 nitrogen and oxygen atoms in total. The minimum atomic E-state index is -1.47. The fourth-order valence-electron chi connectivity index (χ4n) is 5.56. The van der Waals surface area contributed by atoms with Crippen molar-refractivity contribution < 1.29 is 29.0 Å². The average Bonchev–Trinajstić information content (AvgIpc) is 3.51. The van der Waals surface area contributed by atoms with Crippen LogP contribution in [0.3, 0.4) is 0 Å². The molecule has 2 N–H and O–H groups in total. The van der Waals surface area contributed by atoms with E-state index in [0.717, 1.165) is 4.88 Å². The lowest BCUT2D eigenvalue weighted by molar-refractivity contribution is -0.270. The number of imide groups is 1. The van der Waals surface area contributed by atoms with E-state index in [1.165, 1.54) is 16.2 Å². The van der Waals surface area contributed by atoms with Crippen LogP contribution in [0.2, 0.25) is 0 Å². The minimum Gasteiger partial charge on any atom is -0.461 e. The monoisotopic (exact) mass is 431 g/mol. The summed E-state index contributed by atoms with van der Waals surface area (Å²) in [6.45, 7) is 2.04. The van der Waals surface area contributed by atoms with Gasteiger partial charge in [0.2, 0.25) is 11.8 Å². The molecule has 1 aliphatic carbocycles. The van der Waals surface area contributed by atoms with Crippen molar-refractivity contribution in [3.63, 3.8) is 0 Å². The highest BCUT2D eigenvalue weighted by atomic mass is 32.1. The van der Waals surface area contributed by atoms with Crippen LogP contribution in [0.4, 0.5) is 0 Å². The Morgan fingerprint density at radius 2 is 2.07 bits per heavy atom. The zero-order valence-electron chi connectivity index (χ0n) is 16.7. The number of aliphatic hydroxyl groups is 2. The molecule has 0 unspecified atom stereocenters. The van der Waals surface area contributed by atoms with Gasteiger partial charge in [0.25, 0.3) is 0 Å². The molecule has 1 saturated carbocycles. The Kier molecular flexibility index (Phi) is 4.85. The van der Waals surface area contributed by atoms with Gasteiger partial charge in [0, 0.05) is 16.7 Å². The summed E-state index contributed by atoms with van der Waals surface area (Å²) < 4.78 is 11.8. The van der Waals surface area contributed by atoms with Crippen LogP contribution in [0, 0.1) is 23.7 Å². The first-order valence-electron chi connectivity index (χ1n) is 10.4. The maximum atomic E-state index is 13.3. The Morgan fingerprint density at radius 1 is 1.23 bits per heavy atom. The van der Waals surface area contributed by atoms with Crippen molar-refractivity contribution >= 4 is 23.2 Å². The number of likely N-dealkylation sites (tertiary alicyclic amines) is 1. The second-order valence-corrected chi connectivity index (χ2v) is 9.51. The van der Waals surface area contributed by atoms with E-state index in [1.54, 1.807) is 12.1 Å². The van der Waals surface area contributed by atoms with Crippen LogP contribution in [0.5, 0.6) is 0 Å². The van der Waals surface area contributed by atoms with Crippen molar-refractivity contribution in [3.05, 3.63) is 46.0 Å². The van der Waals surface area contributed by atoms with E-state index in [9.17, 15) is 19.8 Å². The maximum Gasteiger partial charge on any atom is 0.233 e. The fourth-order valence-corrected chi connectivity index (χ4v) is 6.25. The SMILES string of the molecule is CC[C@H]1C[C@@H]2C(=O)N(Cc3cccs3)C(=O)[C@@H]2[C@@H]2C[C@@H](c3ccc(CO)o3)O[C@]12O. The fraction of sp³-hybridized carbons (Fsp3) is 0.545. The highest BCUT2D eigenvalue weighted by Gasteiger charge is 2.66. The zero-order chi connectivity index (χ0) is 21.0. The quantitative estimate of drug-likeness (QED) is 0.706. The molecule has 3 aliphatic rings. The Labute approximate surface area is 178 Å². The molecule has 2 aromatic rings. The first kappa shape index (κ1) is 19.9. The number of thiophene rings is 1. The van der Waals surface area contributed by atoms with Gasteiger partial charge in [0.15, 0.2) is 5.79 Å². The first-order chi connectivity index (χ1) is 14.5. The number of aliphatic hydroxyl groups excluding tert-OH is 1. The smallest absolute Gasteiger partial charge is 0.233 e. The number of fused-ring (bicyclic) bond motifs is 3. The molecule has 160 valence electrons. The number of hydrogen-bond donors (Lipinski definition) is 2. The summed E-state index contributed by atoms with van der Waals surface area (Å²) in [5, 5.41) is 22.8. The maximum absolute atomic E-state index is 13.3. The van der Waals surface area contributed by atoms with Crippen molar-refractivity contribution in [3.8, 4) is 0 Å². The highest BCUT2D eigenvalue weighted by Crippen LogP contribution is 2.59. The van der Waals surface area contributed by atoms with Gasteiger partial charge in [-0.05, 0) is 42.8 Å². The molecule has 2 saturated heterocycles. The van der Waals surface area contributed by atoms with Gasteiger partial charge in [0.05, 0.1) is 18.4 Å². The summed E-state index contributed by atoms with van der Waals surface area (Å²) in [4.78, 5) is 28.8. The number of ether oxygens (including phenoxy) is 1.